The fourth-order valence-electron chi connectivity index (χ4n) is 2.83. The van der Waals surface area contributed by atoms with Crippen LogP contribution in [0, 0.1) is 0 Å². The zero-order chi connectivity index (χ0) is 18.5. The Labute approximate surface area is 151 Å². The van der Waals surface area contributed by atoms with Crippen molar-refractivity contribution in [3.05, 3.63) is 54.0 Å². The number of nitrogens with two attached hydrogens (primary N) is 1. The van der Waals surface area contributed by atoms with E-state index >= 15 is 0 Å². The van der Waals surface area contributed by atoms with Crippen LogP contribution < -0.4 is 21.3 Å². The van der Waals surface area contributed by atoms with Crippen molar-refractivity contribution in [3.8, 4) is 0 Å². The van der Waals surface area contributed by atoms with Crippen molar-refractivity contribution < 1.29 is 14.0 Å². The molecule has 2 amide bonds. The Kier molecular flexibility index (Phi) is 5.21. The van der Waals surface area contributed by atoms with Crippen molar-refractivity contribution >= 4 is 23.5 Å². The second kappa shape index (κ2) is 7.73. The summed E-state index contributed by atoms with van der Waals surface area (Å²) in [6.07, 6.45) is 0.391. The molecule has 136 valence electrons. The molecule has 1 aromatic heterocycles. The number of amides is 2. The Morgan fingerprint density at radius 1 is 1.31 bits per heavy atom. The van der Waals surface area contributed by atoms with Crippen molar-refractivity contribution in [2.45, 2.75) is 19.0 Å². The van der Waals surface area contributed by atoms with Crippen LogP contribution in [0.1, 0.15) is 22.7 Å². The number of furan rings is 1. The van der Waals surface area contributed by atoms with E-state index in [-0.39, 0.29) is 17.7 Å². The van der Waals surface area contributed by atoms with Crippen molar-refractivity contribution in [2.24, 2.45) is 10.7 Å². The van der Waals surface area contributed by atoms with Crippen LogP contribution in [0.5, 0.6) is 0 Å². The van der Waals surface area contributed by atoms with E-state index in [1.54, 1.807) is 18.0 Å². The van der Waals surface area contributed by atoms with E-state index in [0.717, 1.165) is 5.69 Å². The van der Waals surface area contributed by atoms with E-state index in [2.05, 4.69) is 15.6 Å². The molecule has 0 radical (unpaired) electrons. The first-order valence-corrected chi connectivity index (χ1v) is 8.28. The van der Waals surface area contributed by atoms with E-state index in [0.29, 0.717) is 31.2 Å². The lowest BCUT2D eigenvalue weighted by Gasteiger charge is -2.18. The number of carbonyl (C=O) groups is 2. The third-order valence-corrected chi connectivity index (χ3v) is 4.09. The normalized spacial score (nSPS) is 17.4. The third kappa shape index (κ3) is 4.02. The van der Waals surface area contributed by atoms with Gasteiger partial charge in [-0.3, -0.25) is 14.6 Å². The second-order valence-corrected chi connectivity index (χ2v) is 5.94. The minimum Gasteiger partial charge on any atom is -0.454 e. The number of primary amides is 1. The average molecular weight is 355 g/mol. The summed E-state index contributed by atoms with van der Waals surface area (Å²) >= 11 is 0. The first-order valence-electron chi connectivity index (χ1n) is 8.28. The molecule has 0 saturated carbocycles. The van der Waals surface area contributed by atoms with Crippen molar-refractivity contribution in [2.75, 3.05) is 18.5 Å². The minimum atomic E-state index is -0.607. The van der Waals surface area contributed by atoms with Gasteiger partial charge in [0.1, 0.15) is 5.76 Å². The smallest absolute Gasteiger partial charge is 0.284 e. The van der Waals surface area contributed by atoms with Crippen LogP contribution in [0.4, 0.5) is 5.69 Å². The highest BCUT2D eigenvalue weighted by Crippen LogP contribution is 2.20. The maximum Gasteiger partial charge on any atom is 0.284 e. The molecule has 8 nitrogen and oxygen atoms in total. The van der Waals surface area contributed by atoms with Gasteiger partial charge in [0.15, 0.2) is 11.7 Å². The molecular formula is C18H21N5O3. The van der Waals surface area contributed by atoms with Gasteiger partial charge in [-0.25, -0.2) is 0 Å². The first-order chi connectivity index (χ1) is 12.6. The molecular weight excluding hydrogens is 334 g/mol. The van der Waals surface area contributed by atoms with Gasteiger partial charge in [0.25, 0.3) is 5.91 Å². The average Bonchev–Trinajstić information content (AvgIpc) is 3.26. The quantitative estimate of drug-likeness (QED) is 0.544. The molecule has 4 N–H and O–H groups in total. The molecule has 26 heavy (non-hydrogen) atoms. The molecule has 1 atom stereocenters. The number of benzene rings is 1. The van der Waals surface area contributed by atoms with Gasteiger partial charge in [0.2, 0.25) is 5.91 Å². The SMILES string of the molecule is CN=C(NCc1ccc(C(N)=O)o1)NC1CC(=O)N(c2ccccc2)C1. The molecule has 0 aliphatic carbocycles. The van der Waals surface area contributed by atoms with Crippen LogP contribution in [0.2, 0.25) is 0 Å². The number of hydrogen-bond acceptors (Lipinski definition) is 4. The number of guanidine groups is 1. The van der Waals surface area contributed by atoms with Gasteiger partial charge in [0.05, 0.1) is 12.6 Å². The summed E-state index contributed by atoms with van der Waals surface area (Å²) in [5, 5.41) is 6.34. The molecule has 1 aliphatic heterocycles. The molecule has 8 heteroatoms. The lowest BCUT2D eigenvalue weighted by molar-refractivity contribution is -0.117. The van der Waals surface area contributed by atoms with Crippen LogP contribution in [0.3, 0.4) is 0 Å². The van der Waals surface area contributed by atoms with Gasteiger partial charge < -0.3 is 25.7 Å². The standard InChI is InChI=1S/C18H21N5O3/c1-20-18(21-10-14-7-8-15(26-14)17(19)25)22-12-9-16(24)23(11-12)13-5-3-2-4-6-13/h2-8,12H,9-11H2,1H3,(H2,19,25)(H2,20,21,22). The molecule has 1 saturated heterocycles. The van der Waals surface area contributed by atoms with E-state index in [4.69, 9.17) is 10.2 Å². The summed E-state index contributed by atoms with van der Waals surface area (Å²) in [7, 11) is 1.65. The van der Waals surface area contributed by atoms with Gasteiger partial charge in [-0.2, -0.15) is 0 Å². The van der Waals surface area contributed by atoms with Crippen LogP contribution in [0.15, 0.2) is 51.9 Å². The maximum atomic E-state index is 12.3. The summed E-state index contributed by atoms with van der Waals surface area (Å²) in [5.74, 6) is 0.694. The molecule has 0 spiro atoms. The first kappa shape index (κ1) is 17.5. The van der Waals surface area contributed by atoms with E-state index in [9.17, 15) is 9.59 Å². The number of nitrogens with zero attached hydrogens (tertiary/aromatic N) is 2. The number of hydrogen-bond donors (Lipinski definition) is 3. The van der Waals surface area contributed by atoms with E-state index < -0.39 is 5.91 Å². The van der Waals surface area contributed by atoms with Crippen LogP contribution in [-0.4, -0.2) is 37.4 Å². The topological polar surface area (TPSA) is 113 Å². The van der Waals surface area contributed by atoms with Crippen molar-refractivity contribution in [1.82, 2.24) is 10.6 Å². The lowest BCUT2D eigenvalue weighted by Crippen LogP contribution is -2.44. The highest BCUT2D eigenvalue weighted by atomic mass is 16.3. The zero-order valence-electron chi connectivity index (χ0n) is 14.4. The van der Waals surface area contributed by atoms with Gasteiger partial charge in [-0.15, -0.1) is 0 Å². The molecule has 1 fully saturated rings. The van der Waals surface area contributed by atoms with Gasteiger partial charge in [0, 0.05) is 25.7 Å². The number of nitrogens with one attached hydrogen (secondary N) is 2. The Morgan fingerprint density at radius 3 is 2.73 bits per heavy atom. The number of aliphatic imine (C=N–C) groups is 1. The summed E-state index contributed by atoms with van der Waals surface area (Å²) in [6.45, 7) is 0.909. The minimum absolute atomic E-state index is 0.0494. The molecule has 2 aromatic rings. The Balaban J connectivity index is 1.55. The summed E-state index contributed by atoms with van der Waals surface area (Å²) in [6, 6.07) is 12.7. The number of para-hydroxylation sites is 1. The fraction of sp³-hybridized carbons (Fsp3) is 0.278. The van der Waals surface area contributed by atoms with Gasteiger partial charge in [-0.1, -0.05) is 18.2 Å². The fourth-order valence-corrected chi connectivity index (χ4v) is 2.83. The monoisotopic (exact) mass is 355 g/mol. The van der Waals surface area contributed by atoms with Crippen LogP contribution >= 0.6 is 0 Å². The van der Waals surface area contributed by atoms with Crippen molar-refractivity contribution in [1.29, 1.82) is 0 Å². The number of carbonyl (C=O) groups excluding carboxylic acids is 2. The van der Waals surface area contributed by atoms with E-state index in [1.807, 2.05) is 30.3 Å². The van der Waals surface area contributed by atoms with Gasteiger partial charge >= 0.3 is 0 Å². The Hall–Kier alpha value is -3.29. The van der Waals surface area contributed by atoms with E-state index in [1.165, 1.54) is 6.07 Å². The predicted octanol–water partition coefficient (Wildman–Crippen LogP) is 0.849. The molecule has 1 aromatic carbocycles. The largest absolute Gasteiger partial charge is 0.454 e. The summed E-state index contributed by atoms with van der Waals surface area (Å²) in [5.41, 5.74) is 6.05. The molecule has 1 aliphatic rings. The zero-order valence-corrected chi connectivity index (χ0v) is 14.4. The highest BCUT2D eigenvalue weighted by molar-refractivity contribution is 5.97. The highest BCUT2D eigenvalue weighted by Gasteiger charge is 2.31. The predicted molar refractivity (Wildman–Crippen MR) is 97.8 cm³/mol. The van der Waals surface area contributed by atoms with Crippen molar-refractivity contribution in [3.63, 3.8) is 0 Å². The molecule has 0 bridgehead atoms. The molecule has 2 heterocycles. The van der Waals surface area contributed by atoms with Crippen LogP contribution in [-0.2, 0) is 11.3 Å². The molecule has 3 rings (SSSR count). The maximum absolute atomic E-state index is 12.3. The number of anilines is 1. The van der Waals surface area contributed by atoms with Crippen LogP contribution in [0.25, 0.3) is 0 Å². The summed E-state index contributed by atoms with van der Waals surface area (Å²) in [4.78, 5) is 29.2. The Bertz CT molecular complexity index is 815. The van der Waals surface area contributed by atoms with Gasteiger partial charge in [-0.05, 0) is 24.3 Å². The Morgan fingerprint density at radius 2 is 2.08 bits per heavy atom. The third-order valence-electron chi connectivity index (χ3n) is 4.09. The lowest BCUT2D eigenvalue weighted by atomic mass is 10.2. The molecule has 1 unspecified atom stereocenters. The summed E-state index contributed by atoms with van der Waals surface area (Å²) < 4.78 is 5.32. The number of rotatable bonds is 5. The second-order valence-electron chi connectivity index (χ2n) is 5.94.